The zero-order chi connectivity index (χ0) is 13.1. The molecule has 6 N–H and O–H groups in total. The lowest BCUT2D eigenvalue weighted by Gasteiger charge is -2.20. The van der Waals surface area contributed by atoms with Gasteiger partial charge in [-0.25, -0.2) is 4.39 Å². The number of alkyl halides is 1. The topological polar surface area (TPSA) is 135 Å². The Hall–Kier alpha value is -1.69. The second kappa shape index (κ2) is 5.09. The number of hydrogen-bond donors (Lipinski definition) is 5. The number of aliphatic hydroxyl groups is 2. The number of nitriles is 1. The summed E-state index contributed by atoms with van der Waals surface area (Å²) in [5, 5.41) is 36.5. The predicted octanol–water partition coefficient (Wildman–Crippen LogP) is -1.66. The Morgan fingerprint density at radius 2 is 2.41 bits per heavy atom. The average Bonchev–Trinajstić information content (AvgIpc) is 2.54. The van der Waals surface area contributed by atoms with E-state index in [4.69, 9.17) is 26.2 Å². The summed E-state index contributed by atoms with van der Waals surface area (Å²) in [5.41, 5.74) is 3.05. The molecule has 1 saturated heterocycles. The van der Waals surface area contributed by atoms with Gasteiger partial charge in [0.2, 0.25) is 5.60 Å². The molecular formula is C9H13FN4O3. The van der Waals surface area contributed by atoms with E-state index < -0.39 is 30.7 Å². The Morgan fingerprint density at radius 3 is 2.82 bits per heavy atom. The Kier molecular flexibility index (Phi) is 4.01. The molecule has 0 saturated carbocycles. The lowest BCUT2D eigenvalue weighted by Crippen LogP contribution is -2.44. The zero-order valence-corrected chi connectivity index (χ0v) is 8.80. The number of nitrogens with zero attached hydrogens (tertiary/aromatic N) is 1. The van der Waals surface area contributed by atoms with Crippen molar-refractivity contribution < 1.29 is 19.3 Å². The summed E-state index contributed by atoms with van der Waals surface area (Å²) in [4.78, 5) is 0. The minimum absolute atomic E-state index is 0.250. The molecule has 94 valence electrons. The van der Waals surface area contributed by atoms with Crippen molar-refractivity contribution in [2.75, 3.05) is 6.61 Å². The van der Waals surface area contributed by atoms with Gasteiger partial charge in [0.15, 0.2) is 12.4 Å². The highest BCUT2D eigenvalue weighted by Crippen LogP contribution is 2.31. The molecule has 0 aromatic heterocycles. The van der Waals surface area contributed by atoms with Crippen LogP contribution < -0.4 is 11.1 Å². The van der Waals surface area contributed by atoms with Crippen molar-refractivity contribution in [2.24, 2.45) is 5.73 Å². The monoisotopic (exact) mass is 244 g/mol. The summed E-state index contributed by atoms with van der Waals surface area (Å²) < 4.78 is 18.5. The number of halogens is 1. The van der Waals surface area contributed by atoms with Crippen LogP contribution in [0.4, 0.5) is 4.39 Å². The lowest BCUT2D eigenvalue weighted by molar-refractivity contribution is -0.0767. The average molecular weight is 244 g/mol. The number of ether oxygens (including phenoxy) is 1. The molecule has 0 spiro atoms. The van der Waals surface area contributed by atoms with Gasteiger partial charge in [-0.05, 0) is 6.08 Å². The van der Waals surface area contributed by atoms with Gasteiger partial charge in [-0.2, -0.15) is 5.26 Å². The highest BCUT2D eigenvalue weighted by atomic mass is 19.1. The maximum atomic E-state index is 13.6. The summed E-state index contributed by atoms with van der Waals surface area (Å²) in [5.74, 6) is -0.250. The Bertz CT molecular complexity index is 370. The highest BCUT2D eigenvalue weighted by molar-refractivity contribution is 5.88. The van der Waals surface area contributed by atoms with Crippen LogP contribution in [0.3, 0.4) is 0 Å². The van der Waals surface area contributed by atoms with Gasteiger partial charge in [0.1, 0.15) is 18.0 Å². The van der Waals surface area contributed by atoms with E-state index in [0.717, 1.165) is 12.3 Å². The quantitative estimate of drug-likeness (QED) is 0.296. The minimum atomic E-state index is -1.97. The van der Waals surface area contributed by atoms with Crippen molar-refractivity contribution in [1.29, 1.82) is 10.7 Å². The van der Waals surface area contributed by atoms with E-state index in [0.29, 0.717) is 0 Å². The normalized spacial score (nSPS) is 36.9. The SMILES string of the molecule is N#CC1(CO)OC(N/C=C\C(=N)N)C(F)C1O. The molecule has 0 aromatic rings. The second-order valence-electron chi connectivity index (χ2n) is 3.54. The van der Waals surface area contributed by atoms with E-state index in [2.05, 4.69) is 5.32 Å². The van der Waals surface area contributed by atoms with Crippen molar-refractivity contribution in [3.63, 3.8) is 0 Å². The van der Waals surface area contributed by atoms with Crippen LogP contribution in [0.1, 0.15) is 0 Å². The highest BCUT2D eigenvalue weighted by Gasteiger charge is 2.55. The van der Waals surface area contributed by atoms with Gasteiger partial charge in [0.25, 0.3) is 0 Å². The van der Waals surface area contributed by atoms with Crippen LogP contribution in [0.2, 0.25) is 0 Å². The second-order valence-corrected chi connectivity index (χ2v) is 3.54. The first-order valence-electron chi connectivity index (χ1n) is 4.75. The fourth-order valence-corrected chi connectivity index (χ4v) is 1.40. The van der Waals surface area contributed by atoms with Gasteiger partial charge < -0.3 is 26.0 Å². The van der Waals surface area contributed by atoms with Gasteiger partial charge in [-0.1, -0.05) is 0 Å². The predicted molar refractivity (Wildman–Crippen MR) is 55.4 cm³/mol. The van der Waals surface area contributed by atoms with Crippen molar-refractivity contribution in [1.82, 2.24) is 5.32 Å². The van der Waals surface area contributed by atoms with Crippen molar-refractivity contribution in [3.05, 3.63) is 12.3 Å². The molecule has 1 fully saturated rings. The Labute approximate surface area is 96.8 Å². The number of nitrogens with two attached hydrogens (primary N) is 1. The molecular weight excluding hydrogens is 231 g/mol. The van der Waals surface area contributed by atoms with Crippen LogP contribution in [0, 0.1) is 16.7 Å². The molecule has 0 aromatic carbocycles. The summed E-state index contributed by atoms with van der Waals surface area (Å²) in [6.45, 7) is -0.820. The molecule has 1 rings (SSSR count). The van der Waals surface area contributed by atoms with Gasteiger partial charge >= 0.3 is 0 Å². The van der Waals surface area contributed by atoms with E-state index >= 15 is 0 Å². The first kappa shape index (κ1) is 13.4. The van der Waals surface area contributed by atoms with E-state index in [1.165, 1.54) is 0 Å². The van der Waals surface area contributed by atoms with E-state index in [9.17, 15) is 9.50 Å². The van der Waals surface area contributed by atoms with Gasteiger partial charge in [-0.15, -0.1) is 0 Å². The first-order valence-corrected chi connectivity index (χ1v) is 4.75. The molecule has 0 aliphatic carbocycles. The fourth-order valence-electron chi connectivity index (χ4n) is 1.40. The van der Waals surface area contributed by atoms with Gasteiger partial charge in [-0.3, -0.25) is 5.41 Å². The molecule has 1 aliphatic rings. The third kappa shape index (κ3) is 2.52. The van der Waals surface area contributed by atoms with Crippen LogP contribution in [0.25, 0.3) is 0 Å². The molecule has 8 heteroatoms. The van der Waals surface area contributed by atoms with Gasteiger partial charge in [0, 0.05) is 6.20 Å². The first-order chi connectivity index (χ1) is 7.96. The van der Waals surface area contributed by atoms with Crippen LogP contribution >= 0.6 is 0 Å². The van der Waals surface area contributed by atoms with Crippen molar-refractivity contribution >= 4 is 5.84 Å². The van der Waals surface area contributed by atoms with Crippen LogP contribution in [-0.4, -0.2) is 46.8 Å². The summed E-state index contributed by atoms with van der Waals surface area (Å²) >= 11 is 0. The molecule has 0 radical (unpaired) electrons. The molecule has 4 unspecified atom stereocenters. The molecule has 7 nitrogen and oxygen atoms in total. The maximum Gasteiger partial charge on any atom is 0.208 e. The number of aliphatic hydroxyl groups excluding tert-OH is 2. The van der Waals surface area contributed by atoms with Gasteiger partial charge in [0.05, 0.1) is 6.61 Å². The zero-order valence-electron chi connectivity index (χ0n) is 8.80. The Balaban J connectivity index is 2.73. The third-order valence-corrected chi connectivity index (χ3v) is 2.35. The minimum Gasteiger partial charge on any atom is -0.392 e. The van der Waals surface area contributed by atoms with Crippen LogP contribution in [-0.2, 0) is 4.74 Å². The molecule has 0 amide bonds. The smallest absolute Gasteiger partial charge is 0.208 e. The molecule has 17 heavy (non-hydrogen) atoms. The largest absolute Gasteiger partial charge is 0.392 e. The van der Waals surface area contributed by atoms with Crippen molar-refractivity contribution in [3.8, 4) is 6.07 Å². The van der Waals surface area contributed by atoms with Crippen LogP contribution in [0.5, 0.6) is 0 Å². The molecule has 1 aliphatic heterocycles. The molecule has 1 heterocycles. The fraction of sp³-hybridized carbons (Fsp3) is 0.556. The number of nitrogens with one attached hydrogen (secondary N) is 2. The number of amidine groups is 1. The van der Waals surface area contributed by atoms with E-state index in [1.807, 2.05) is 0 Å². The third-order valence-electron chi connectivity index (χ3n) is 2.35. The summed E-state index contributed by atoms with van der Waals surface area (Å²) in [7, 11) is 0. The van der Waals surface area contributed by atoms with Crippen LogP contribution in [0.15, 0.2) is 12.3 Å². The Morgan fingerprint density at radius 1 is 1.76 bits per heavy atom. The number of hydrogen-bond acceptors (Lipinski definition) is 6. The maximum absolute atomic E-state index is 13.6. The lowest BCUT2D eigenvalue weighted by atomic mass is 9.99. The van der Waals surface area contributed by atoms with E-state index in [-0.39, 0.29) is 5.84 Å². The number of rotatable bonds is 4. The molecule has 0 bridgehead atoms. The standard InChI is InChI=1S/C9H13FN4O3/c10-6-7(16)9(3-11,4-15)17-8(6)14-2-1-5(12)13/h1-2,6-8,14-16H,4H2,(H3,12,13)/b2-1-. The van der Waals surface area contributed by atoms with E-state index in [1.54, 1.807) is 6.07 Å². The summed E-state index contributed by atoms with van der Waals surface area (Å²) in [6.07, 6.45) is -2.60. The van der Waals surface area contributed by atoms with Crippen molar-refractivity contribution in [2.45, 2.75) is 24.1 Å². The summed E-state index contributed by atoms with van der Waals surface area (Å²) in [6, 6.07) is 1.54. The molecule has 4 atom stereocenters.